The van der Waals surface area contributed by atoms with E-state index in [1.807, 2.05) is 6.20 Å². The van der Waals surface area contributed by atoms with Gasteiger partial charge in [-0.25, -0.2) is 9.07 Å². The number of nitrogens with one attached hydrogen (secondary N) is 1. The molecule has 1 aromatic carbocycles. The maximum absolute atomic E-state index is 12.9. The van der Waals surface area contributed by atoms with Crippen LogP contribution in [-0.4, -0.2) is 29.0 Å². The van der Waals surface area contributed by atoms with Crippen LogP contribution in [0.25, 0.3) is 5.69 Å². The summed E-state index contributed by atoms with van der Waals surface area (Å²) in [5.41, 5.74) is 0.818. The van der Waals surface area contributed by atoms with E-state index >= 15 is 0 Å². The van der Waals surface area contributed by atoms with Crippen molar-refractivity contribution in [3.8, 4) is 11.4 Å². The molecule has 1 N–H and O–H groups in total. The Hall–Kier alpha value is -1.88. The van der Waals surface area contributed by atoms with Gasteiger partial charge in [-0.3, -0.25) is 0 Å². The minimum atomic E-state index is -0.249. The molecule has 0 bridgehead atoms. The first-order valence-electron chi connectivity index (χ1n) is 6.49. The first-order chi connectivity index (χ1) is 9.31. The zero-order valence-corrected chi connectivity index (χ0v) is 10.6. The number of halogens is 1. The van der Waals surface area contributed by atoms with Gasteiger partial charge in [0.25, 0.3) is 0 Å². The molecule has 5 heteroatoms. The van der Waals surface area contributed by atoms with Crippen LogP contribution >= 0.6 is 0 Å². The summed E-state index contributed by atoms with van der Waals surface area (Å²) in [5.74, 6) is 0.499. The minimum Gasteiger partial charge on any atom is -0.486 e. The van der Waals surface area contributed by atoms with E-state index < -0.39 is 0 Å². The van der Waals surface area contributed by atoms with Crippen molar-refractivity contribution in [1.29, 1.82) is 0 Å². The normalized spacial score (nSPS) is 19.3. The molecule has 0 saturated carbocycles. The Kier molecular flexibility index (Phi) is 3.46. The lowest BCUT2D eigenvalue weighted by molar-refractivity contribution is 0.167. The van der Waals surface area contributed by atoms with Gasteiger partial charge in [0.1, 0.15) is 11.9 Å². The standard InChI is InChI=1S/C14H16FN3O/c15-11-3-5-12(6-4-11)18-10-14(9-17-18)19-13-2-1-7-16-8-13/h3-6,9-10,13,16H,1-2,7-8H2. The van der Waals surface area contributed by atoms with Crippen molar-refractivity contribution < 1.29 is 9.13 Å². The highest BCUT2D eigenvalue weighted by molar-refractivity contribution is 5.32. The summed E-state index contributed by atoms with van der Waals surface area (Å²) < 4.78 is 20.4. The third kappa shape index (κ3) is 2.93. The average Bonchev–Trinajstić information content (AvgIpc) is 2.89. The molecule has 1 aromatic heterocycles. The molecule has 1 aliphatic rings. The van der Waals surface area contributed by atoms with Crippen molar-refractivity contribution in [3.05, 3.63) is 42.5 Å². The Morgan fingerprint density at radius 2 is 2.16 bits per heavy atom. The molecular formula is C14H16FN3O. The predicted molar refractivity (Wildman–Crippen MR) is 70.0 cm³/mol. The van der Waals surface area contributed by atoms with Crippen LogP contribution < -0.4 is 10.1 Å². The fourth-order valence-corrected chi connectivity index (χ4v) is 2.22. The van der Waals surface area contributed by atoms with E-state index in [2.05, 4.69) is 10.4 Å². The number of hydrogen-bond acceptors (Lipinski definition) is 3. The van der Waals surface area contributed by atoms with E-state index in [9.17, 15) is 4.39 Å². The highest BCUT2D eigenvalue weighted by Crippen LogP contribution is 2.17. The monoisotopic (exact) mass is 261 g/mol. The third-order valence-corrected chi connectivity index (χ3v) is 3.20. The van der Waals surface area contributed by atoms with Gasteiger partial charge >= 0.3 is 0 Å². The summed E-state index contributed by atoms with van der Waals surface area (Å²) in [7, 11) is 0. The number of piperidine rings is 1. The van der Waals surface area contributed by atoms with E-state index in [4.69, 9.17) is 4.74 Å². The Labute approximate surface area is 111 Å². The van der Waals surface area contributed by atoms with Gasteiger partial charge in [0.2, 0.25) is 0 Å². The van der Waals surface area contributed by atoms with Crippen LogP contribution in [0.5, 0.6) is 5.75 Å². The molecule has 1 aliphatic heterocycles. The van der Waals surface area contributed by atoms with Crippen molar-refractivity contribution in [2.75, 3.05) is 13.1 Å². The van der Waals surface area contributed by atoms with Crippen LogP contribution in [-0.2, 0) is 0 Å². The topological polar surface area (TPSA) is 39.1 Å². The van der Waals surface area contributed by atoms with Crippen LogP contribution in [0, 0.1) is 5.82 Å². The molecule has 2 heterocycles. The molecule has 4 nitrogen and oxygen atoms in total. The van der Waals surface area contributed by atoms with Crippen molar-refractivity contribution in [2.45, 2.75) is 18.9 Å². The fourth-order valence-electron chi connectivity index (χ4n) is 2.22. The summed E-state index contributed by atoms with van der Waals surface area (Å²) in [5, 5.41) is 7.54. The van der Waals surface area contributed by atoms with Crippen molar-refractivity contribution in [3.63, 3.8) is 0 Å². The second-order valence-corrected chi connectivity index (χ2v) is 4.68. The van der Waals surface area contributed by atoms with Crippen molar-refractivity contribution >= 4 is 0 Å². The first-order valence-corrected chi connectivity index (χ1v) is 6.49. The second-order valence-electron chi connectivity index (χ2n) is 4.68. The van der Waals surface area contributed by atoms with E-state index in [0.717, 1.165) is 37.4 Å². The summed E-state index contributed by atoms with van der Waals surface area (Å²) >= 11 is 0. The molecule has 0 spiro atoms. The van der Waals surface area contributed by atoms with E-state index in [0.29, 0.717) is 0 Å². The summed E-state index contributed by atoms with van der Waals surface area (Å²) in [6, 6.07) is 6.22. The molecular weight excluding hydrogens is 245 g/mol. The molecule has 1 fully saturated rings. The molecule has 1 atom stereocenters. The molecule has 0 radical (unpaired) electrons. The Morgan fingerprint density at radius 1 is 1.32 bits per heavy atom. The van der Waals surface area contributed by atoms with E-state index in [-0.39, 0.29) is 11.9 Å². The van der Waals surface area contributed by atoms with Gasteiger partial charge in [0.15, 0.2) is 5.75 Å². The van der Waals surface area contributed by atoms with Gasteiger partial charge in [-0.05, 0) is 43.7 Å². The number of aromatic nitrogens is 2. The number of benzene rings is 1. The summed E-state index contributed by atoms with van der Waals surface area (Å²) in [6.07, 6.45) is 5.92. The van der Waals surface area contributed by atoms with Crippen LogP contribution in [0.15, 0.2) is 36.7 Å². The Balaban J connectivity index is 1.70. The molecule has 3 rings (SSSR count). The molecule has 1 unspecified atom stereocenters. The molecule has 1 saturated heterocycles. The summed E-state index contributed by atoms with van der Waals surface area (Å²) in [6.45, 7) is 1.94. The maximum atomic E-state index is 12.9. The average molecular weight is 261 g/mol. The van der Waals surface area contributed by atoms with Crippen molar-refractivity contribution in [1.82, 2.24) is 15.1 Å². The van der Waals surface area contributed by atoms with Crippen LogP contribution in [0.2, 0.25) is 0 Å². The fraction of sp³-hybridized carbons (Fsp3) is 0.357. The minimum absolute atomic E-state index is 0.208. The van der Waals surface area contributed by atoms with E-state index in [1.54, 1.807) is 23.0 Å². The molecule has 0 amide bonds. The first kappa shape index (κ1) is 12.2. The Bertz CT molecular complexity index is 532. The summed E-state index contributed by atoms with van der Waals surface area (Å²) in [4.78, 5) is 0. The number of rotatable bonds is 3. The molecule has 2 aromatic rings. The highest BCUT2D eigenvalue weighted by atomic mass is 19.1. The lowest BCUT2D eigenvalue weighted by atomic mass is 10.1. The van der Waals surface area contributed by atoms with E-state index in [1.165, 1.54) is 12.1 Å². The van der Waals surface area contributed by atoms with Gasteiger partial charge in [-0.2, -0.15) is 5.10 Å². The third-order valence-electron chi connectivity index (χ3n) is 3.20. The van der Waals surface area contributed by atoms with Gasteiger partial charge in [-0.15, -0.1) is 0 Å². The largest absolute Gasteiger partial charge is 0.486 e. The number of nitrogens with zero attached hydrogens (tertiary/aromatic N) is 2. The van der Waals surface area contributed by atoms with Crippen molar-refractivity contribution in [2.24, 2.45) is 0 Å². The molecule has 0 aliphatic carbocycles. The van der Waals surface area contributed by atoms with Crippen LogP contribution in [0.1, 0.15) is 12.8 Å². The lowest BCUT2D eigenvalue weighted by Gasteiger charge is -2.22. The lowest BCUT2D eigenvalue weighted by Crippen LogP contribution is -2.37. The smallest absolute Gasteiger partial charge is 0.158 e. The van der Waals surface area contributed by atoms with Gasteiger partial charge < -0.3 is 10.1 Å². The number of hydrogen-bond donors (Lipinski definition) is 1. The van der Waals surface area contributed by atoms with Crippen LogP contribution in [0.3, 0.4) is 0 Å². The number of ether oxygens (including phenoxy) is 1. The maximum Gasteiger partial charge on any atom is 0.158 e. The van der Waals surface area contributed by atoms with Crippen LogP contribution in [0.4, 0.5) is 4.39 Å². The molecule has 19 heavy (non-hydrogen) atoms. The van der Waals surface area contributed by atoms with Gasteiger partial charge in [-0.1, -0.05) is 0 Å². The zero-order valence-electron chi connectivity index (χ0n) is 10.6. The predicted octanol–water partition coefficient (Wildman–Crippen LogP) is 2.14. The second kappa shape index (κ2) is 5.40. The highest BCUT2D eigenvalue weighted by Gasteiger charge is 2.15. The SMILES string of the molecule is Fc1ccc(-n2cc(OC3CCCNC3)cn2)cc1. The molecule has 100 valence electrons. The Morgan fingerprint density at radius 3 is 2.89 bits per heavy atom. The zero-order chi connectivity index (χ0) is 13.1. The van der Waals surface area contributed by atoms with Gasteiger partial charge in [0.05, 0.1) is 18.1 Å². The quantitative estimate of drug-likeness (QED) is 0.920. The van der Waals surface area contributed by atoms with Gasteiger partial charge in [0, 0.05) is 6.54 Å².